The molecule has 0 unspecified atom stereocenters. The first-order valence-corrected chi connectivity index (χ1v) is 9.20. The number of carbonyl (C=O) groups excluding carboxylic acids is 2. The fourth-order valence-corrected chi connectivity index (χ4v) is 3.30. The molecule has 1 heterocycles. The Balaban J connectivity index is 1.75. The second-order valence-corrected chi connectivity index (χ2v) is 6.39. The van der Waals surface area contributed by atoms with Crippen molar-refractivity contribution in [1.29, 1.82) is 0 Å². The van der Waals surface area contributed by atoms with Crippen molar-refractivity contribution < 1.29 is 14.3 Å². The van der Waals surface area contributed by atoms with E-state index in [-0.39, 0.29) is 11.8 Å². The molecule has 0 radical (unpaired) electrons. The first kappa shape index (κ1) is 18.8. The largest absolute Gasteiger partial charge is 0.496 e. The van der Waals surface area contributed by atoms with Crippen LogP contribution >= 0.6 is 0 Å². The molecule has 0 spiro atoms. The standard InChI is InChI=1S/C21H25N3O3/c1-3-20(25)24-14-12-23(13-15-24)18-10-6-5-9-17(18)22-21(26)16-8-4-7-11-19(16)27-2/h4-11H,3,12-15H2,1-2H3,(H,22,26). The van der Waals surface area contributed by atoms with Gasteiger partial charge in [0.25, 0.3) is 5.91 Å². The lowest BCUT2D eigenvalue weighted by Gasteiger charge is -2.36. The summed E-state index contributed by atoms with van der Waals surface area (Å²) in [6.07, 6.45) is 0.533. The summed E-state index contributed by atoms with van der Waals surface area (Å²) in [4.78, 5) is 28.7. The van der Waals surface area contributed by atoms with Crippen molar-refractivity contribution in [3.05, 3.63) is 54.1 Å². The minimum absolute atomic E-state index is 0.187. The molecule has 0 bridgehead atoms. The van der Waals surface area contributed by atoms with Crippen LogP contribution in [0.2, 0.25) is 0 Å². The van der Waals surface area contributed by atoms with Gasteiger partial charge in [-0.05, 0) is 24.3 Å². The van der Waals surface area contributed by atoms with Crippen LogP contribution < -0.4 is 15.0 Å². The van der Waals surface area contributed by atoms with Gasteiger partial charge in [-0.15, -0.1) is 0 Å². The number of benzene rings is 2. The van der Waals surface area contributed by atoms with Gasteiger partial charge in [0.15, 0.2) is 0 Å². The Bertz CT molecular complexity index is 814. The quantitative estimate of drug-likeness (QED) is 0.882. The number of carbonyl (C=O) groups is 2. The third kappa shape index (κ3) is 4.22. The van der Waals surface area contributed by atoms with Gasteiger partial charge in [-0.25, -0.2) is 0 Å². The molecule has 1 aliphatic heterocycles. The predicted molar refractivity (Wildman–Crippen MR) is 106 cm³/mol. The Kier molecular flexibility index (Phi) is 5.96. The molecular formula is C21H25N3O3. The van der Waals surface area contributed by atoms with Crippen molar-refractivity contribution in [2.24, 2.45) is 0 Å². The molecule has 2 amide bonds. The van der Waals surface area contributed by atoms with E-state index in [0.29, 0.717) is 30.8 Å². The van der Waals surface area contributed by atoms with Crippen molar-refractivity contribution >= 4 is 23.2 Å². The van der Waals surface area contributed by atoms with Crippen LogP contribution in [-0.2, 0) is 4.79 Å². The molecule has 0 aromatic heterocycles. The van der Waals surface area contributed by atoms with Crippen molar-refractivity contribution in [1.82, 2.24) is 4.90 Å². The van der Waals surface area contributed by atoms with Crippen LogP contribution in [0.5, 0.6) is 5.75 Å². The van der Waals surface area contributed by atoms with Gasteiger partial charge in [0, 0.05) is 32.6 Å². The van der Waals surface area contributed by atoms with E-state index in [1.54, 1.807) is 19.2 Å². The lowest BCUT2D eigenvalue weighted by atomic mass is 10.1. The zero-order valence-corrected chi connectivity index (χ0v) is 15.8. The first-order valence-electron chi connectivity index (χ1n) is 9.20. The normalized spacial score (nSPS) is 14.0. The highest BCUT2D eigenvalue weighted by molar-refractivity contribution is 6.07. The number of rotatable bonds is 5. The van der Waals surface area contributed by atoms with Crippen molar-refractivity contribution in [2.45, 2.75) is 13.3 Å². The zero-order chi connectivity index (χ0) is 19.2. The van der Waals surface area contributed by atoms with Gasteiger partial charge < -0.3 is 19.9 Å². The Labute approximate surface area is 159 Å². The number of ether oxygens (including phenoxy) is 1. The van der Waals surface area contributed by atoms with E-state index >= 15 is 0 Å². The highest BCUT2D eigenvalue weighted by Gasteiger charge is 2.22. The highest BCUT2D eigenvalue weighted by atomic mass is 16.5. The van der Waals surface area contributed by atoms with E-state index in [9.17, 15) is 9.59 Å². The monoisotopic (exact) mass is 367 g/mol. The number of nitrogens with zero attached hydrogens (tertiary/aromatic N) is 2. The summed E-state index contributed by atoms with van der Waals surface area (Å²) in [7, 11) is 1.55. The van der Waals surface area contributed by atoms with E-state index < -0.39 is 0 Å². The van der Waals surface area contributed by atoms with Crippen molar-refractivity contribution in [3.8, 4) is 5.75 Å². The van der Waals surface area contributed by atoms with Crippen LogP contribution in [0.4, 0.5) is 11.4 Å². The van der Waals surface area contributed by atoms with E-state index in [1.807, 2.05) is 48.2 Å². The topological polar surface area (TPSA) is 61.9 Å². The van der Waals surface area contributed by atoms with Crippen molar-refractivity contribution in [2.75, 3.05) is 43.5 Å². The molecule has 3 rings (SSSR count). The summed E-state index contributed by atoms with van der Waals surface area (Å²) < 4.78 is 5.29. The van der Waals surface area contributed by atoms with E-state index in [0.717, 1.165) is 24.5 Å². The summed E-state index contributed by atoms with van der Waals surface area (Å²) in [5, 5.41) is 3.00. The predicted octanol–water partition coefficient (Wildman–Crippen LogP) is 3.01. The molecule has 2 aromatic carbocycles. The van der Waals surface area contributed by atoms with Crippen LogP contribution in [0.25, 0.3) is 0 Å². The number of piperazine rings is 1. The third-order valence-electron chi connectivity index (χ3n) is 4.78. The molecule has 0 saturated carbocycles. The van der Waals surface area contributed by atoms with Crippen LogP contribution in [0.15, 0.2) is 48.5 Å². The molecule has 6 nitrogen and oxygen atoms in total. The number of hydrogen-bond donors (Lipinski definition) is 1. The molecule has 1 N–H and O–H groups in total. The first-order chi connectivity index (χ1) is 13.1. The highest BCUT2D eigenvalue weighted by Crippen LogP contribution is 2.28. The number of anilines is 2. The maximum Gasteiger partial charge on any atom is 0.259 e. The van der Waals surface area contributed by atoms with Crippen LogP contribution in [0.1, 0.15) is 23.7 Å². The van der Waals surface area contributed by atoms with Crippen LogP contribution in [0, 0.1) is 0 Å². The summed E-state index contributed by atoms with van der Waals surface area (Å²) in [5.41, 5.74) is 2.21. The van der Waals surface area contributed by atoms with Gasteiger partial charge in [0.1, 0.15) is 5.75 Å². The Morgan fingerprint density at radius 3 is 2.37 bits per heavy atom. The average molecular weight is 367 g/mol. The van der Waals surface area contributed by atoms with Gasteiger partial charge >= 0.3 is 0 Å². The number of para-hydroxylation sites is 3. The molecule has 1 fully saturated rings. The molecular weight excluding hydrogens is 342 g/mol. The molecule has 27 heavy (non-hydrogen) atoms. The molecule has 1 saturated heterocycles. The summed E-state index contributed by atoms with van der Waals surface area (Å²) in [5.74, 6) is 0.520. The van der Waals surface area contributed by atoms with Crippen LogP contribution in [-0.4, -0.2) is 50.0 Å². The van der Waals surface area contributed by atoms with E-state index in [1.165, 1.54) is 0 Å². The Morgan fingerprint density at radius 1 is 1.00 bits per heavy atom. The van der Waals surface area contributed by atoms with Gasteiger partial charge in [0.2, 0.25) is 5.91 Å². The SMILES string of the molecule is CCC(=O)N1CCN(c2ccccc2NC(=O)c2ccccc2OC)CC1. The number of hydrogen-bond acceptors (Lipinski definition) is 4. The summed E-state index contributed by atoms with van der Waals surface area (Å²) >= 11 is 0. The molecule has 1 aliphatic rings. The molecule has 6 heteroatoms. The maximum absolute atomic E-state index is 12.7. The Hall–Kier alpha value is -3.02. The minimum Gasteiger partial charge on any atom is -0.496 e. The lowest BCUT2D eigenvalue weighted by molar-refractivity contribution is -0.131. The second-order valence-electron chi connectivity index (χ2n) is 6.39. The third-order valence-corrected chi connectivity index (χ3v) is 4.78. The molecule has 0 atom stereocenters. The zero-order valence-electron chi connectivity index (χ0n) is 15.8. The lowest BCUT2D eigenvalue weighted by Crippen LogP contribution is -2.48. The number of amides is 2. The smallest absolute Gasteiger partial charge is 0.259 e. The van der Waals surface area contributed by atoms with Gasteiger partial charge in [0.05, 0.1) is 24.0 Å². The summed E-state index contributed by atoms with van der Waals surface area (Å²) in [6.45, 7) is 4.76. The molecule has 2 aromatic rings. The number of methoxy groups -OCH3 is 1. The molecule has 0 aliphatic carbocycles. The minimum atomic E-state index is -0.209. The van der Waals surface area contributed by atoms with Gasteiger partial charge in [-0.2, -0.15) is 0 Å². The maximum atomic E-state index is 12.7. The second kappa shape index (κ2) is 8.58. The summed E-state index contributed by atoms with van der Waals surface area (Å²) in [6, 6.07) is 14.9. The fraction of sp³-hybridized carbons (Fsp3) is 0.333. The average Bonchev–Trinajstić information content (AvgIpc) is 2.73. The van der Waals surface area contributed by atoms with Gasteiger partial charge in [-0.3, -0.25) is 9.59 Å². The van der Waals surface area contributed by atoms with Crippen molar-refractivity contribution in [3.63, 3.8) is 0 Å². The van der Waals surface area contributed by atoms with E-state index in [2.05, 4.69) is 10.2 Å². The Morgan fingerprint density at radius 2 is 1.67 bits per heavy atom. The number of nitrogens with one attached hydrogen (secondary N) is 1. The van der Waals surface area contributed by atoms with Crippen LogP contribution in [0.3, 0.4) is 0 Å². The molecule has 142 valence electrons. The fourth-order valence-electron chi connectivity index (χ4n) is 3.30. The van der Waals surface area contributed by atoms with Gasteiger partial charge in [-0.1, -0.05) is 31.2 Å². The van der Waals surface area contributed by atoms with E-state index in [4.69, 9.17) is 4.74 Å².